The lowest BCUT2D eigenvalue weighted by molar-refractivity contribution is -0.134. The Morgan fingerprint density at radius 2 is 1.57 bits per heavy atom. The standard InChI is InChI=1S/C13H12F3NO3S/c1-18-8-4-7(5-9(19-2)11(8)20-3)10-12(13(14,15)16)21-6-17-10/h4-6H,1-3H3. The van der Waals surface area contributed by atoms with Crippen LogP contribution in [-0.2, 0) is 6.18 Å². The Bertz CT molecular complexity index is 615. The molecule has 0 radical (unpaired) electrons. The highest BCUT2D eigenvalue weighted by Gasteiger charge is 2.36. The first kappa shape index (κ1) is 15.4. The predicted octanol–water partition coefficient (Wildman–Crippen LogP) is 3.85. The molecule has 8 heteroatoms. The van der Waals surface area contributed by atoms with Crippen LogP contribution in [0.1, 0.15) is 4.88 Å². The van der Waals surface area contributed by atoms with Gasteiger partial charge in [0.25, 0.3) is 0 Å². The van der Waals surface area contributed by atoms with Crippen molar-refractivity contribution in [1.29, 1.82) is 0 Å². The number of hydrogen-bond acceptors (Lipinski definition) is 5. The maximum absolute atomic E-state index is 13.0. The van der Waals surface area contributed by atoms with Crippen LogP contribution in [-0.4, -0.2) is 26.3 Å². The third kappa shape index (κ3) is 2.90. The summed E-state index contributed by atoms with van der Waals surface area (Å²) in [6, 6.07) is 2.87. The van der Waals surface area contributed by atoms with Crippen molar-refractivity contribution in [3.8, 4) is 28.5 Å². The van der Waals surface area contributed by atoms with Gasteiger partial charge in [-0.15, -0.1) is 11.3 Å². The summed E-state index contributed by atoms with van der Waals surface area (Å²) in [5.74, 6) is 0.855. The Kier molecular flexibility index (Phi) is 4.26. The Balaban J connectivity index is 2.63. The fraction of sp³-hybridized carbons (Fsp3) is 0.308. The van der Waals surface area contributed by atoms with E-state index in [2.05, 4.69) is 4.98 Å². The normalized spacial score (nSPS) is 11.3. The number of nitrogens with zero attached hydrogens (tertiary/aromatic N) is 1. The van der Waals surface area contributed by atoms with Gasteiger partial charge in [-0.1, -0.05) is 0 Å². The Morgan fingerprint density at radius 3 is 2.00 bits per heavy atom. The molecule has 0 bridgehead atoms. The van der Waals surface area contributed by atoms with Gasteiger partial charge in [0.05, 0.1) is 32.5 Å². The maximum Gasteiger partial charge on any atom is 0.427 e. The van der Waals surface area contributed by atoms with Crippen molar-refractivity contribution in [2.75, 3.05) is 21.3 Å². The highest BCUT2D eigenvalue weighted by Crippen LogP contribution is 2.44. The number of rotatable bonds is 4. The van der Waals surface area contributed by atoms with E-state index in [9.17, 15) is 13.2 Å². The quantitative estimate of drug-likeness (QED) is 0.858. The van der Waals surface area contributed by atoms with Crippen LogP contribution in [0.3, 0.4) is 0 Å². The number of hydrogen-bond donors (Lipinski definition) is 0. The Morgan fingerprint density at radius 1 is 1.00 bits per heavy atom. The zero-order chi connectivity index (χ0) is 15.6. The second-order valence-electron chi connectivity index (χ2n) is 3.94. The van der Waals surface area contributed by atoms with Gasteiger partial charge in [0.1, 0.15) is 4.88 Å². The van der Waals surface area contributed by atoms with Crippen molar-refractivity contribution >= 4 is 11.3 Å². The molecule has 2 rings (SSSR count). The third-order valence-corrected chi connectivity index (χ3v) is 3.63. The molecule has 0 saturated carbocycles. The van der Waals surface area contributed by atoms with E-state index in [0.29, 0.717) is 17.1 Å². The van der Waals surface area contributed by atoms with Gasteiger partial charge in [-0.3, -0.25) is 0 Å². The Hall–Kier alpha value is -1.96. The molecule has 0 N–H and O–H groups in total. The van der Waals surface area contributed by atoms with Crippen LogP contribution >= 0.6 is 11.3 Å². The van der Waals surface area contributed by atoms with Gasteiger partial charge in [0.2, 0.25) is 5.75 Å². The second kappa shape index (κ2) is 5.80. The minimum atomic E-state index is -4.46. The summed E-state index contributed by atoms with van der Waals surface area (Å²) in [4.78, 5) is 3.04. The van der Waals surface area contributed by atoms with Crippen molar-refractivity contribution in [2.45, 2.75) is 6.18 Å². The third-order valence-electron chi connectivity index (χ3n) is 2.76. The minimum absolute atomic E-state index is 0.160. The van der Waals surface area contributed by atoms with Gasteiger partial charge in [-0.05, 0) is 12.1 Å². The largest absolute Gasteiger partial charge is 0.493 e. The monoisotopic (exact) mass is 319 g/mol. The van der Waals surface area contributed by atoms with E-state index >= 15 is 0 Å². The van der Waals surface area contributed by atoms with Crippen LogP contribution in [0, 0.1) is 0 Å². The number of benzene rings is 1. The topological polar surface area (TPSA) is 40.6 Å². The van der Waals surface area contributed by atoms with Crippen LogP contribution in [0.25, 0.3) is 11.3 Å². The first-order chi connectivity index (χ1) is 9.92. The Labute approximate surface area is 123 Å². The van der Waals surface area contributed by atoms with Gasteiger partial charge in [0, 0.05) is 5.56 Å². The van der Waals surface area contributed by atoms with Crippen molar-refractivity contribution in [3.63, 3.8) is 0 Å². The molecule has 0 fully saturated rings. The molecule has 0 saturated heterocycles. The van der Waals surface area contributed by atoms with Crippen molar-refractivity contribution in [1.82, 2.24) is 4.98 Å². The lowest BCUT2D eigenvalue weighted by Gasteiger charge is -2.14. The van der Waals surface area contributed by atoms with Gasteiger partial charge in [-0.2, -0.15) is 13.2 Å². The van der Waals surface area contributed by atoms with E-state index in [4.69, 9.17) is 14.2 Å². The summed E-state index contributed by atoms with van der Waals surface area (Å²) in [7, 11) is 4.21. The first-order valence-corrected chi connectivity index (χ1v) is 6.61. The molecule has 1 heterocycles. The second-order valence-corrected chi connectivity index (χ2v) is 4.80. The molecule has 0 aliphatic heterocycles. The minimum Gasteiger partial charge on any atom is -0.493 e. The molecule has 2 aromatic rings. The highest BCUT2D eigenvalue weighted by molar-refractivity contribution is 7.10. The smallest absolute Gasteiger partial charge is 0.427 e. The number of thiazole rings is 1. The molecule has 1 aromatic carbocycles. The van der Waals surface area contributed by atoms with Gasteiger partial charge in [0.15, 0.2) is 11.5 Å². The van der Waals surface area contributed by atoms with E-state index in [-0.39, 0.29) is 22.8 Å². The van der Waals surface area contributed by atoms with Crippen LogP contribution in [0.4, 0.5) is 13.2 Å². The molecule has 0 atom stereocenters. The van der Waals surface area contributed by atoms with E-state index in [1.54, 1.807) is 0 Å². The molecule has 0 aliphatic carbocycles. The highest BCUT2D eigenvalue weighted by atomic mass is 32.1. The molecule has 4 nitrogen and oxygen atoms in total. The van der Waals surface area contributed by atoms with E-state index < -0.39 is 11.1 Å². The van der Waals surface area contributed by atoms with Gasteiger partial charge < -0.3 is 14.2 Å². The number of methoxy groups -OCH3 is 3. The van der Waals surface area contributed by atoms with Crippen molar-refractivity contribution in [2.24, 2.45) is 0 Å². The van der Waals surface area contributed by atoms with Crippen LogP contribution in [0.5, 0.6) is 17.2 Å². The number of aromatic nitrogens is 1. The predicted molar refractivity (Wildman–Crippen MR) is 72.2 cm³/mol. The SMILES string of the molecule is COc1cc(-c2ncsc2C(F)(F)F)cc(OC)c1OC. The molecule has 0 unspecified atom stereocenters. The zero-order valence-electron chi connectivity index (χ0n) is 11.4. The molecule has 0 aliphatic rings. The summed E-state index contributed by atoms with van der Waals surface area (Å²) < 4.78 is 54.3. The molecule has 0 spiro atoms. The summed E-state index contributed by atoms with van der Waals surface area (Å²) >= 11 is 0.539. The average Bonchev–Trinajstić information content (AvgIpc) is 2.95. The van der Waals surface area contributed by atoms with Crippen LogP contribution in [0.15, 0.2) is 17.6 Å². The average molecular weight is 319 g/mol. The summed E-state index contributed by atoms with van der Waals surface area (Å²) in [6.07, 6.45) is -4.46. The number of ether oxygens (including phenoxy) is 3. The fourth-order valence-corrected chi connectivity index (χ4v) is 2.55. The van der Waals surface area contributed by atoms with E-state index in [0.717, 1.165) is 5.51 Å². The lowest BCUT2D eigenvalue weighted by atomic mass is 10.1. The van der Waals surface area contributed by atoms with Gasteiger partial charge >= 0.3 is 6.18 Å². The molecule has 0 amide bonds. The van der Waals surface area contributed by atoms with Crippen molar-refractivity contribution in [3.05, 3.63) is 22.5 Å². The van der Waals surface area contributed by atoms with E-state index in [1.807, 2.05) is 0 Å². The number of alkyl halides is 3. The van der Waals surface area contributed by atoms with Crippen LogP contribution in [0.2, 0.25) is 0 Å². The summed E-state index contributed by atoms with van der Waals surface area (Å²) in [5, 5.41) is 0. The van der Waals surface area contributed by atoms with Crippen LogP contribution < -0.4 is 14.2 Å². The molecule has 1 aromatic heterocycles. The first-order valence-electron chi connectivity index (χ1n) is 5.73. The van der Waals surface area contributed by atoms with Gasteiger partial charge in [-0.25, -0.2) is 4.98 Å². The van der Waals surface area contributed by atoms with E-state index in [1.165, 1.54) is 33.5 Å². The molecule has 21 heavy (non-hydrogen) atoms. The van der Waals surface area contributed by atoms with Crippen molar-refractivity contribution < 1.29 is 27.4 Å². The molecular weight excluding hydrogens is 307 g/mol. The summed E-state index contributed by atoms with van der Waals surface area (Å²) in [5.41, 5.74) is 1.24. The zero-order valence-corrected chi connectivity index (χ0v) is 12.3. The summed E-state index contributed by atoms with van der Waals surface area (Å²) in [6.45, 7) is 0. The molecular formula is C13H12F3NO3S. The molecule has 114 valence electrons. The number of halogens is 3. The maximum atomic E-state index is 13.0. The fourth-order valence-electron chi connectivity index (χ4n) is 1.87. The lowest BCUT2D eigenvalue weighted by Crippen LogP contribution is -2.04.